The number of amides is 1. The van der Waals surface area contributed by atoms with Gasteiger partial charge in [-0.1, -0.05) is 15.9 Å². The molecule has 7 nitrogen and oxygen atoms in total. The van der Waals surface area contributed by atoms with Gasteiger partial charge in [-0.3, -0.25) is 4.79 Å². The fourth-order valence-electron chi connectivity index (χ4n) is 1.21. The maximum absolute atomic E-state index is 11.7. The van der Waals surface area contributed by atoms with Gasteiger partial charge < -0.3 is 20.2 Å². The number of nitrogens with zero attached hydrogens (tertiary/aromatic N) is 1. The van der Waals surface area contributed by atoms with E-state index in [0.29, 0.717) is 11.9 Å². The highest BCUT2D eigenvalue weighted by Gasteiger charge is 2.18. The number of alkyl halides is 1. The fraction of sp³-hybridized carbons (Fsp3) is 0.444. The Hall–Kier alpha value is -1.41. The fourth-order valence-corrected chi connectivity index (χ4v) is 1.56. The van der Waals surface area contributed by atoms with Crippen LogP contribution in [0.2, 0.25) is 0 Å². The number of nitrogens with one attached hydrogen (secondary N) is 2. The number of halogens is 1. The van der Waals surface area contributed by atoms with E-state index in [-0.39, 0.29) is 17.6 Å². The molecule has 1 aromatic rings. The molecule has 0 spiro atoms. The molecule has 0 aliphatic carbocycles. The number of ether oxygens (including phenoxy) is 1. The number of nitro groups is 1. The molecule has 0 saturated carbocycles. The predicted octanol–water partition coefficient (Wildman–Crippen LogP) is 1.06. The molecule has 1 amide bonds. The third kappa shape index (κ3) is 3.82. The van der Waals surface area contributed by atoms with Gasteiger partial charge in [-0.15, -0.1) is 0 Å². The Morgan fingerprint density at radius 2 is 2.41 bits per heavy atom. The number of methoxy groups -OCH3 is 1. The first-order valence-corrected chi connectivity index (χ1v) is 5.89. The molecular weight excluding hydrogens is 294 g/mol. The lowest BCUT2D eigenvalue weighted by Gasteiger charge is -2.13. The van der Waals surface area contributed by atoms with E-state index < -0.39 is 10.8 Å². The molecule has 8 heteroatoms. The van der Waals surface area contributed by atoms with Gasteiger partial charge in [0.15, 0.2) is 5.69 Å². The average Bonchev–Trinajstić information content (AvgIpc) is 2.77. The summed E-state index contributed by atoms with van der Waals surface area (Å²) >= 11 is 3.23. The maximum Gasteiger partial charge on any atom is 0.321 e. The van der Waals surface area contributed by atoms with Crippen LogP contribution in [0.4, 0.5) is 5.82 Å². The summed E-state index contributed by atoms with van der Waals surface area (Å²) in [7, 11) is 1.53. The molecule has 1 unspecified atom stereocenters. The lowest BCUT2D eigenvalue weighted by atomic mass is 10.3. The normalized spacial score (nSPS) is 12.1. The number of carbonyl (C=O) groups is 1. The Morgan fingerprint density at radius 1 is 1.71 bits per heavy atom. The van der Waals surface area contributed by atoms with Crippen LogP contribution >= 0.6 is 15.9 Å². The van der Waals surface area contributed by atoms with Crippen molar-refractivity contribution in [2.45, 2.75) is 6.04 Å². The molecule has 94 valence electrons. The number of hydrogen-bond donors (Lipinski definition) is 2. The van der Waals surface area contributed by atoms with Crippen molar-refractivity contribution in [3.63, 3.8) is 0 Å². The molecule has 1 aromatic heterocycles. The van der Waals surface area contributed by atoms with Gasteiger partial charge in [0.25, 0.3) is 5.91 Å². The second kappa shape index (κ2) is 6.36. The van der Waals surface area contributed by atoms with Gasteiger partial charge in [0.2, 0.25) is 0 Å². The third-order valence-electron chi connectivity index (χ3n) is 2.00. The summed E-state index contributed by atoms with van der Waals surface area (Å²) in [5.41, 5.74) is 0.152. The maximum atomic E-state index is 11.7. The van der Waals surface area contributed by atoms with Gasteiger partial charge in [-0.25, -0.2) is 4.98 Å². The second-order valence-corrected chi connectivity index (χ2v) is 3.94. The van der Waals surface area contributed by atoms with E-state index in [4.69, 9.17) is 4.74 Å². The highest BCUT2D eigenvalue weighted by atomic mass is 79.9. The Morgan fingerprint density at radius 3 is 2.88 bits per heavy atom. The van der Waals surface area contributed by atoms with Crippen molar-refractivity contribution in [3.05, 3.63) is 27.9 Å². The lowest BCUT2D eigenvalue weighted by molar-refractivity contribution is -0.389. The monoisotopic (exact) mass is 305 g/mol. The smallest absolute Gasteiger partial charge is 0.321 e. The second-order valence-electron chi connectivity index (χ2n) is 3.29. The minimum absolute atomic E-state index is 0.152. The largest absolute Gasteiger partial charge is 0.383 e. The van der Waals surface area contributed by atoms with Gasteiger partial charge in [0, 0.05) is 18.5 Å². The molecular formula is C9H12BrN3O4. The lowest BCUT2D eigenvalue weighted by Crippen LogP contribution is -2.39. The van der Waals surface area contributed by atoms with Crippen LogP contribution in [0.1, 0.15) is 10.5 Å². The Kier molecular flexibility index (Phi) is 5.11. The molecule has 0 radical (unpaired) electrons. The minimum atomic E-state index is -0.589. The van der Waals surface area contributed by atoms with Crippen molar-refractivity contribution in [1.29, 1.82) is 0 Å². The van der Waals surface area contributed by atoms with Crippen molar-refractivity contribution in [2.75, 3.05) is 19.0 Å². The van der Waals surface area contributed by atoms with Crippen LogP contribution in [0.3, 0.4) is 0 Å². The Labute approximate surface area is 106 Å². The molecule has 0 aromatic carbocycles. The molecule has 0 saturated heterocycles. The minimum Gasteiger partial charge on any atom is -0.383 e. The van der Waals surface area contributed by atoms with Gasteiger partial charge in [0.1, 0.15) is 0 Å². The summed E-state index contributed by atoms with van der Waals surface area (Å²) in [5.74, 6) is -0.614. The molecule has 1 rings (SSSR count). The zero-order valence-corrected chi connectivity index (χ0v) is 10.7. The van der Waals surface area contributed by atoms with E-state index in [1.54, 1.807) is 0 Å². The number of aromatic amines is 1. The molecule has 2 N–H and O–H groups in total. The van der Waals surface area contributed by atoms with Crippen LogP contribution < -0.4 is 5.32 Å². The van der Waals surface area contributed by atoms with Crippen molar-refractivity contribution in [2.24, 2.45) is 0 Å². The van der Waals surface area contributed by atoms with Crippen LogP contribution in [0.15, 0.2) is 12.1 Å². The quantitative estimate of drug-likeness (QED) is 0.466. The first-order chi connectivity index (χ1) is 8.08. The molecule has 1 atom stereocenters. The van der Waals surface area contributed by atoms with Crippen LogP contribution in [0.25, 0.3) is 0 Å². The molecule has 0 bridgehead atoms. The first-order valence-electron chi connectivity index (χ1n) is 4.77. The van der Waals surface area contributed by atoms with Crippen molar-refractivity contribution in [1.82, 2.24) is 10.3 Å². The number of rotatable bonds is 6. The number of carbonyl (C=O) groups excluding carboxylic acids is 1. The summed E-state index contributed by atoms with van der Waals surface area (Å²) in [5, 5.41) is 13.6. The molecule has 0 fully saturated rings. The Balaban J connectivity index is 2.65. The summed E-state index contributed by atoms with van der Waals surface area (Å²) in [6.45, 7) is 0.361. The number of H-pyrrole nitrogens is 1. The zero-order valence-electron chi connectivity index (χ0n) is 9.10. The zero-order chi connectivity index (χ0) is 12.8. The van der Waals surface area contributed by atoms with E-state index in [1.165, 1.54) is 19.2 Å². The highest BCUT2D eigenvalue weighted by Crippen LogP contribution is 2.09. The molecule has 0 aliphatic rings. The summed E-state index contributed by atoms with van der Waals surface area (Å²) in [6.07, 6.45) is 0. The van der Waals surface area contributed by atoms with Crippen molar-refractivity contribution in [3.8, 4) is 0 Å². The molecule has 0 aliphatic heterocycles. The molecule has 1 heterocycles. The molecule has 17 heavy (non-hydrogen) atoms. The van der Waals surface area contributed by atoms with Gasteiger partial charge in [-0.2, -0.15) is 0 Å². The van der Waals surface area contributed by atoms with Crippen LogP contribution in [0.5, 0.6) is 0 Å². The van der Waals surface area contributed by atoms with E-state index in [0.717, 1.165) is 0 Å². The highest BCUT2D eigenvalue weighted by molar-refractivity contribution is 9.09. The Bertz CT molecular complexity index is 407. The summed E-state index contributed by atoms with van der Waals surface area (Å²) in [4.78, 5) is 23.9. The average molecular weight is 306 g/mol. The topological polar surface area (TPSA) is 97.3 Å². The summed E-state index contributed by atoms with van der Waals surface area (Å²) < 4.78 is 4.91. The van der Waals surface area contributed by atoms with Gasteiger partial charge in [-0.05, 0) is 11.0 Å². The predicted molar refractivity (Wildman–Crippen MR) is 64.4 cm³/mol. The number of hydrogen-bond acceptors (Lipinski definition) is 4. The van der Waals surface area contributed by atoms with Crippen molar-refractivity contribution >= 4 is 27.7 Å². The summed E-state index contributed by atoms with van der Waals surface area (Å²) in [6, 6.07) is 2.43. The van der Waals surface area contributed by atoms with E-state index in [9.17, 15) is 14.9 Å². The van der Waals surface area contributed by atoms with E-state index in [1.807, 2.05) is 0 Å². The van der Waals surface area contributed by atoms with Gasteiger partial charge in [0.05, 0.1) is 12.6 Å². The van der Waals surface area contributed by atoms with E-state index in [2.05, 4.69) is 26.2 Å². The van der Waals surface area contributed by atoms with Crippen LogP contribution in [0, 0.1) is 10.1 Å². The number of aromatic nitrogens is 1. The van der Waals surface area contributed by atoms with Crippen LogP contribution in [-0.2, 0) is 4.74 Å². The SMILES string of the molecule is COCC(CBr)NC(=O)c1ccc([N+](=O)[O-])[nH]1. The van der Waals surface area contributed by atoms with Crippen molar-refractivity contribution < 1.29 is 14.5 Å². The van der Waals surface area contributed by atoms with E-state index >= 15 is 0 Å². The van der Waals surface area contributed by atoms with Gasteiger partial charge >= 0.3 is 5.82 Å². The van der Waals surface area contributed by atoms with Crippen LogP contribution in [-0.4, -0.2) is 40.9 Å². The standard InChI is InChI=1S/C9H12BrN3O4/c1-17-5-6(4-10)11-9(14)7-2-3-8(12-7)13(15)16/h2-3,6,12H,4-5H2,1H3,(H,11,14). The third-order valence-corrected chi connectivity index (χ3v) is 2.78. The first kappa shape index (κ1) is 13.7.